The van der Waals surface area contributed by atoms with Crippen molar-refractivity contribution in [1.29, 1.82) is 5.26 Å². The van der Waals surface area contributed by atoms with Gasteiger partial charge in [-0.3, -0.25) is 0 Å². The van der Waals surface area contributed by atoms with Crippen molar-refractivity contribution in [2.45, 2.75) is 52.0 Å². The maximum atomic E-state index is 9.70. The molecule has 0 aromatic carbocycles. The number of allylic oxidation sites excluding steroid dienone is 1. The molecular weight excluding hydrogens is 338 g/mol. The van der Waals surface area contributed by atoms with Crippen molar-refractivity contribution in [3.63, 3.8) is 0 Å². The average molecular weight is 365 g/mol. The lowest BCUT2D eigenvalue weighted by molar-refractivity contribution is 0.346. The van der Waals surface area contributed by atoms with Crippen LogP contribution in [0.15, 0.2) is 6.07 Å². The van der Waals surface area contributed by atoms with Crippen LogP contribution in [0, 0.1) is 25.2 Å². The van der Waals surface area contributed by atoms with Crippen LogP contribution < -0.4 is 10.6 Å². The third-order valence-corrected chi connectivity index (χ3v) is 5.17. The van der Waals surface area contributed by atoms with Crippen LogP contribution in [0.2, 0.25) is 0 Å². The molecule has 0 bridgehead atoms. The minimum absolute atomic E-state index is 0.109. The molecule has 0 saturated heterocycles. The lowest BCUT2D eigenvalue weighted by Gasteiger charge is -2.26. The fourth-order valence-corrected chi connectivity index (χ4v) is 3.85. The summed E-state index contributed by atoms with van der Waals surface area (Å²) in [6.45, 7) is 4.26. The number of nitriles is 1. The standard InChI is InChI=1S/C20H27N7/c1-13-10-15(14(2)27(13)17-8-6-5-7-9-17)11-16(12-21)18-23-19(22)25-20(24-18)26(3)4/h10-11,17H,5-9H2,1-4H3,(H2,22,23,24,25)/b16-11-. The number of hydrogen-bond acceptors (Lipinski definition) is 6. The molecule has 7 nitrogen and oxygen atoms in total. The first-order valence-corrected chi connectivity index (χ1v) is 9.40. The fraction of sp³-hybridized carbons (Fsp3) is 0.500. The van der Waals surface area contributed by atoms with Gasteiger partial charge < -0.3 is 15.2 Å². The van der Waals surface area contributed by atoms with Crippen molar-refractivity contribution in [3.8, 4) is 6.07 Å². The number of nitrogens with two attached hydrogens (primary N) is 1. The van der Waals surface area contributed by atoms with Crippen LogP contribution in [0.25, 0.3) is 11.6 Å². The number of nitrogen functional groups attached to an aromatic ring is 1. The van der Waals surface area contributed by atoms with Crippen molar-refractivity contribution in [2.75, 3.05) is 24.7 Å². The summed E-state index contributed by atoms with van der Waals surface area (Å²) in [6.07, 6.45) is 8.20. The highest BCUT2D eigenvalue weighted by atomic mass is 15.3. The first-order chi connectivity index (χ1) is 12.9. The molecular formula is C20H27N7. The van der Waals surface area contributed by atoms with Gasteiger partial charge in [0.25, 0.3) is 0 Å². The Balaban J connectivity index is 2.01. The monoisotopic (exact) mass is 365 g/mol. The summed E-state index contributed by atoms with van der Waals surface area (Å²) in [7, 11) is 3.65. The second-order valence-electron chi connectivity index (χ2n) is 7.37. The Hall–Kier alpha value is -2.88. The molecule has 1 aliphatic rings. The number of hydrogen-bond donors (Lipinski definition) is 1. The molecule has 142 valence electrons. The molecule has 1 fully saturated rings. The molecule has 0 spiro atoms. The summed E-state index contributed by atoms with van der Waals surface area (Å²) in [4.78, 5) is 14.4. The maximum Gasteiger partial charge on any atom is 0.230 e. The van der Waals surface area contributed by atoms with Gasteiger partial charge in [-0.2, -0.15) is 20.2 Å². The maximum absolute atomic E-state index is 9.70. The predicted octanol–water partition coefficient (Wildman–Crippen LogP) is 3.51. The summed E-state index contributed by atoms with van der Waals surface area (Å²) in [6, 6.07) is 4.91. The first-order valence-electron chi connectivity index (χ1n) is 9.40. The molecule has 0 aliphatic heterocycles. The van der Waals surface area contributed by atoms with Gasteiger partial charge in [-0.1, -0.05) is 19.3 Å². The molecule has 27 heavy (non-hydrogen) atoms. The van der Waals surface area contributed by atoms with Crippen LogP contribution >= 0.6 is 0 Å². The van der Waals surface area contributed by atoms with Crippen LogP contribution in [0.5, 0.6) is 0 Å². The molecule has 1 saturated carbocycles. The van der Waals surface area contributed by atoms with Gasteiger partial charge in [0.15, 0.2) is 5.82 Å². The van der Waals surface area contributed by atoms with E-state index in [4.69, 9.17) is 5.73 Å². The van der Waals surface area contributed by atoms with Crippen molar-refractivity contribution >= 4 is 23.5 Å². The smallest absolute Gasteiger partial charge is 0.230 e. The van der Waals surface area contributed by atoms with Gasteiger partial charge in [0.2, 0.25) is 11.9 Å². The third kappa shape index (κ3) is 3.95. The highest BCUT2D eigenvalue weighted by Gasteiger charge is 2.20. The summed E-state index contributed by atoms with van der Waals surface area (Å²) in [5.41, 5.74) is 9.63. The molecule has 2 N–H and O–H groups in total. The second-order valence-corrected chi connectivity index (χ2v) is 7.37. The number of aromatic nitrogens is 4. The Morgan fingerprint density at radius 2 is 1.93 bits per heavy atom. The summed E-state index contributed by atoms with van der Waals surface area (Å²) in [5.74, 6) is 0.847. The number of aryl methyl sites for hydroxylation is 1. The van der Waals surface area contributed by atoms with Gasteiger partial charge in [0, 0.05) is 31.5 Å². The number of rotatable bonds is 4. The van der Waals surface area contributed by atoms with Gasteiger partial charge >= 0.3 is 0 Å². The second kappa shape index (κ2) is 7.78. The fourth-order valence-electron chi connectivity index (χ4n) is 3.85. The van der Waals surface area contributed by atoms with E-state index in [-0.39, 0.29) is 5.95 Å². The largest absolute Gasteiger partial charge is 0.368 e. The Bertz CT molecular complexity index is 896. The van der Waals surface area contributed by atoms with Crippen LogP contribution in [0.4, 0.5) is 11.9 Å². The molecule has 0 radical (unpaired) electrons. The summed E-state index contributed by atoms with van der Waals surface area (Å²) in [5, 5.41) is 9.70. The lowest BCUT2D eigenvalue weighted by atomic mass is 9.95. The van der Waals surface area contributed by atoms with Crippen LogP contribution in [-0.2, 0) is 0 Å². The molecule has 2 aromatic rings. The quantitative estimate of drug-likeness (QED) is 0.833. The van der Waals surface area contributed by atoms with E-state index in [1.165, 1.54) is 43.5 Å². The lowest BCUT2D eigenvalue weighted by Crippen LogP contribution is -2.16. The normalized spacial score (nSPS) is 15.6. The first kappa shape index (κ1) is 18.9. The van der Waals surface area contributed by atoms with Gasteiger partial charge in [-0.25, -0.2) is 0 Å². The minimum atomic E-state index is 0.109. The Morgan fingerprint density at radius 1 is 1.22 bits per heavy atom. The van der Waals surface area contributed by atoms with E-state index in [0.29, 0.717) is 23.4 Å². The van der Waals surface area contributed by atoms with E-state index >= 15 is 0 Å². The van der Waals surface area contributed by atoms with Crippen LogP contribution in [-0.4, -0.2) is 33.6 Å². The van der Waals surface area contributed by atoms with Crippen LogP contribution in [0.1, 0.15) is 60.9 Å². The Morgan fingerprint density at radius 3 is 2.56 bits per heavy atom. The van der Waals surface area contributed by atoms with Gasteiger partial charge in [0.05, 0.1) is 5.57 Å². The van der Waals surface area contributed by atoms with E-state index in [1.807, 2.05) is 20.2 Å². The zero-order valence-corrected chi connectivity index (χ0v) is 16.5. The molecule has 7 heteroatoms. The Labute approximate surface area is 160 Å². The zero-order chi connectivity index (χ0) is 19.6. The SMILES string of the molecule is Cc1cc(/C=C(/C#N)c2nc(N)nc(N(C)C)n2)c(C)n1C1CCCCC1. The molecule has 0 atom stereocenters. The van der Waals surface area contributed by atoms with E-state index < -0.39 is 0 Å². The van der Waals surface area contributed by atoms with E-state index in [2.05, 4.69) is 45.5 Å². The van der Waals surface area contributed by atoms with Crippen molar-refractivity contribution < 1.29 is 0 Å². The molecule has 2 heterocycles. The minimum Gasteiger partial charge on any atom is -0.368 e. The summed E-state index contributed by atoms with van der Waals surface area (Å²) >= 11 is 0. The average Bonchev–Trinajstić information content (AvgIpc) is 2.93. The third-order valence-electron chi connectivity index (χ3n) is 5.17. The predicted molar refractivity (Wildman–Crippen MR) is 108 cm³/mol. The molecule has 2 aromatic heterocycles. The van der Waals surface area contributed by atoms with E-state index in [1.54, 1.807) is 4.90 Å². The van der Waals surface area contributed by atoms with E-state index in [9.17, 15) is 5.26 Å². The highest BCUT2D eigenvalue weighted by molar-refractivity contribution is 5.88. The summed E-state index contributed by atoms with van der Waals surface area (Å²) < 4.78 is 2.42. The van der Waals surface area contributed by atoms with Crippen molar-refractivity contribution in [2.24, 2.45) is 0 Å². The zero-order valence-electron chi connectivity index (χ0n) is 16.5. The highest BCUT2D eigenvalue weighted by Crippen LogP contribution is 2.33. The van der Waals surface area contributed by atoms with Gasteiger partial charge in [-0.05, 0) is 44.4 Å². The topological polar surface area (TPSA) is 96.7 Å². The molecule has 1 aliphatic carbocycles. The molecule has 3 rings (SSSR count). The van der Waals surface area contributed by atoms with Gasteiger partial charge in [0.1, 0.15) is 6.07 Å². The number of anilines is 2. The van der Waals surface area contributed by atoms with E-state index in [0.717, 1.165) is 5.56 Å². The number of nitrogens with zero attached hydrogens (tertiary/aromatic N) is 6. The molecule has 0 amide bonds. The van der Waals surface area contributed by atoms with Crippen molar-refractivity contribution in [3.05, 3.63) is 28.8 Å². The van der Waals surface area contributed by atoms with Crippen LogP contribution in [0.3, 0.4) is 0 Å². The molecule has 0 unspecified atom stereocenters. The van der Waals surface area contributed by atoms with Gasteiger partial charge in [-0.15, -0.1) is 0 Å². The van der Waals surface area contributed by atoms with Crippen molar-refractivity contribution in [1.82, 2.24) is 19.5 Å². The Kier molecular flexibility index (Phi) is 5.45.